The van der Waals surface area contributed by atoms with E-state index < -0.39 is 5.97 Å². The number of ketones is 1. The molecule has 2 N–H and O–H groups in total. The van der Waals surface area contributed by atoms with E-state index >= 15 is 0 Å². The lowest BCUT2D eigenvalue weighted by Gasteiger charge is -2.57. The molecule has 0 saturated heterocycles. The van der Waals surface area contributed by atoms with Crippen molar-refractivity contribution in [3.05, 3.63) is 88.0 Å². The van der Waals surface area contributed by atoms with Gasteiger partial charge in [-0.2, -0.15) is 0 Å². The van der Waals surface area contributed by atoms with Gasteiger partial charge in [-0.3, -0.25) is 4.79 Å². The maximum absolute atomic E-state index is 13.6. The molecule has 39 heavy (non-hydrogen) atoms. The van der Waals surface area contributed by atoms with Crippen LogP contribution in [0.1, 0.15) is 68.3 Å². The molecular weight excluding hydrogens is 508 g/mol. The molecule has 0 spiro atoms. The van der Waals surface area contributed by atoms with Crippen molar-refractivity contribution in [1.82, 2.24) is 0 Å². The van der Waals surface area contributed by atoms with Crippen molar-refractivity contribution < 1.29 is 19.8 Å². The van der Waals surface area contributed by atoms with Gasteiger partial charge >= 0.3 is 5.97 Å². The molecule has 6 rings (SSSR count). The molecule has 0 unspecified atom stereocenters. The Kier molecular flexibility index (Phi) is 6.53. The first-order valence-electron chi connectivity index (χ1n) is 14.3. The Bertz CT molecular complexity index is 1360. The summed E-state index contributed by atoms with van der Waals surface area (Å²) in [5, 5.41) is 20.5. The summed E-state index contributed by atoms with van der Waals surface area (Å²) < 4.78 is 0. The van der Waals surface area contributed by atoms with E-state index in [-0.39, 0.29) is 34.2 Å². The lowest BCUT2D eigenvalue weighted by Crippen LogP contribution is -2.51. The molecule has 4 nitrogen and oxygen atoms in total. The number of carboxylic acid groups (broad SMARTS) is 1. The van der Waals surface area contributed by atoms with Crippen LogP contribution >= 0.6 is 11.6 Å². The fourth-order valence-electron chi connectivity index (χ4n) is 9.10. The van der Waals surface area contributed by atoms with Crippen LogP contribution in [0.15, 0.2) is 71.8 Å². The summed E-state index contributed by atoms with van der Waals surface area (Å²) in [6.45, 7) is 4.72. The first-order chi connectivity index (χ1) is 18.6. The summed E-state index contributed by atoms with van der Waals surface area (Å²) in [5.74, 6) is 1.01. The second-order valence-electron chi connectivity index (χ2n) is 12.9. The Morgan fingerprint density at radius 2 is 1.69 bits per heavy atom. The van der Waals surface area contributed by atoms with Gasteiger partial charge in [0.1, 0.15) is 5.75 Å². The molecule has 2 fully saturated rings. The predicted octanol–water partition coefficient (Wildman–Crippen LogP) is 7.90. The van der Waals surface area contributed by atoms with Gasteiger partial charge in [-0.25, -0.2) is 4.79 Å². The van der Waals surface area contributed by atoms with Gasteiger partial charge in [0.05, 0.1) is 0 Å². The van der Waals surface area contributed by atoms with E-state index in [2.05, 4.69) is 19.9 Å². The van der Waals surface area contributed by atoms with Crippen LogP contribution in [-0.2, 0) is 11.2 Å². The zero-order valence-corrected chi connectivity index (χ0v) is 23.5. The van der Waals surface area contributed by atoms with Crippen molar-refractivity contribution in [3.63, 3.8) is 0 Å². The van der Waals surface area contributed by atoms with Crippen molar-refractivity contribution in [1.29, 1.82) is 0 Å². The quantitative estimate of drug-likeness (QED) is 0.375. The summed E-state index contributed by atoms with van der Waals surface area (Å²) in [6.07, 6.45) is 10.9. The number of hydrogen-bond acceptors (Lipinski definition) is 3. The molecule has 0 heterocycles. The molecule has 0 aromatic heterocycles. The van der Waals surface area contributed by atoms with Crippen LogP contribution < -0.4 is 0 Å². The standard InChI is InChI=1S/C34H37ClO4/c1-33-16-15-29-26(28(33)13-14-30(33)31(37)21-5-10-25(36)11-6-21)12-7-23-18-27(32(38)39)22(19-34(23,29)2)17-20-3-8-24(35)9-4-20/h3-11,18,22,26,28-30,36H,12-17,19H2,1-2H3,(H,38,39)/t22-,26+,28+,29+,30-,33+,34+/m1/s1. The number of carbonyl (C=O) groups excluding carboxylic acids is 1. The maximum Gasteiger partial charge on any atom is 0.331 e. The third-order valence-electron chi connectivity index (χ3n) is 11.1. The van der Waals surface area contributed by atoms with Gasteiger partial charge < -0.3 is 10.2 Å². The lowest BCUT2D eigenvalue weighted by atomic mass is 9.46. The number of phenols is 1. The van der Waals surface area contributed by atoms with Crippen LogP contribution in [0.5, 0.6) is 5.75 Å². The number of phenolic OH excluding ortho intramolecular Hbond substituents is 1. The molecule has 7 atom stereocenters. The normalized spacial score (nSPS) is 35.2. The van der Waals surface area contributed by atoms with E-state index in [1.54, 1.807) is 24.3 Å². The average Bonchev–Trinajstić information content (AvgIpc) is 3.26. The fraction of sp³-hybridized carbons (Fsp3) is 0.471. The van der Waals surface area contributed by atoms with E-state index in [1.807, 2.05) is 30.3 Å². The number of halogens is 1. The summed E-state index contributed by atoms with van der Waals surface area (Å²) in [6, 6.07) is 14.5. The Balaban J connectivity index is 1.28. The molecule has 5 heteroatoms. The summed E-state index contributed by atoms with van der Waals surface area (Å²) in [7, 11) is 0. The number of carbonyl (C=O) groups is 2. The number of allylic oxidation sites excluding steroid dienone is 3. The highest BCUT2D eigenvalue weighted by Gasteiger charge is 2.60. The second kappa shape index (κ2) is 9.66. The van der Waals surface area contributed by atoms with E-state index in [0.29, 0.717) is 40.3 Å². The Hall–Kier alpha value is -2.85. The van der Waals surface area contributed by atoms with Gasteiger partial charge in [-0.1, -0.05) is 43.7 Å². The van der Waals surface area contributed by atoms with Crippen LogP contribution in [-0.4, -0.2) is 22.0 Å². The highest BCUT2D eigenvalue weighted by Crippen LogP contribution is 2.66. The van der Waals surface area contributed by atoms with Crippen molar-refractivity contribution >= 4 is 23.4 Å². The highest BCUT2D eigenvalue weighted by atomic mass is 35.5. The summed E-state index contributed by atoms with van der Waals surface area (Å²) in [4.78, 5) is 26.0. The van der Waals surface area contributed by atoms with Crippen molar-refractivity contribution in [2.75, 3.05) is 0 Å². The van der Waals surface area contributed by atoms with Crippen molar-refractivity contribution in [2.45, 2.75) is 58.8 Å². The number of rotatable bonds is 5. The van der Waals surface area contributed by atoms with E-state index in [0.717, 1.165) is 44.1 Å². The molecule has 4 aliphatic rings. The number of aliphatic carboxylic acids is 1. The van der Waals surface area contributed by atoms with Gasteiger partial charge in [0.2, 0.25) is 0 Å². The van der Waals surface area contributed by atoms with Crippen LogP contribution in [0, 0.1) is 40.4 Å². The largest absolute Gasteiger partial charge is 0.508 e. The van der Waals surface area contributed by atoms with Crippen LogP contribution in [0.2, 0.25) is 5.02 Å². The zero-order valence-electron chi connectivity index (χ0n) is 22.7. The number of fused-ring (bicyclic) bond motifs is 5. The predicted molar refractivity (Wildman–Crippen MR) is 153 cm³/mol. The van der Waals surface area contributed by atoms with Gasteiger partial charge in [-0.15, -0.1) is 0 Å². The van der Waals surface area contributed by atoms with E-state index in [4.69, 9.17) is 11.6 Å². The molecule has 4 aliphatic carbocycles. The molecule has 0 bridgehead atoms. The SMILES string of the molecule is C[C@]12CC[C@H]3[C@@H](CC=C4C=C(C(=O)O)[C@H](Cc5ccc(Cl)cc5)C[C@@]43C)[C@@H]1CC[C@@H]2C(=O)c1ccc(O)cc1. The van der Waals surface area contributed by atoms with Gasteiger partial charge in [0, 0.05) is 22.1 Å². The second-order valence-corrected chi connectivity index (χ2v) is 13.3. The minimum atomic E-state index is -0.818. The zero-order chi connectivity index (χ0) is 27.5. The molecule has 0 aliphatic heterocycles. The highest BCUT2D eigenvalue weighted by molar-refractivity contribution is 6.30. The first kappa shape index (κ1) is 26.4. The molecular formula is C34H37ClO4. The topological polar surface area (TPSA) is 74.6 Å². The Labute approximate surface area is 235 Å². The van der Waals surface area contributed by atoms with E-state index in [9.17, 15) is 19.8 Å². The van der Waals surface area contributed by atoms with Crippen LogP contribution in [0.25, 0.3) is 0 Å². The minimum absolute atomic E-state index is 0.00805. The van der Waals surface area contributed by atoms with Gasteiger partial charge in [0.15, 0.2) is 5.78 Å². The molecule has 0 radical (unpaired) electrons. The van der Waals surface area contributed by atoms with E-state index in [1.165, 1.54) is 5.57 Å². The summed E-state index contributed by atoms with van der Waals surface area (Å²) in [5.41, 5.74) is 3.43. The van der Waals surface area contributed by atoms with Crippen molar-refractivity contribution in [3.8, 4) is 5.75 Å². The van der Waals surface area contributed by atoms with Crippen LogP contribution in [0.3, 0.4) is 0 Å². The number of Topliss-reactive ketones (excluding diaryl/α,β-unsaturated/α-hetero) is 1. The number of benzene rings is 2. The third-order valence-corrected chi connectivity index (χ3v) is 11.3. The Morgan fingerprint density at radius 1 is 0.974 bits per heavy atom. The lowest BCUT2D eigenvalue weighted by molar-refractivity contribution is -0.133. The maximum atomic E-state index is 13.6. The number of aromatic hydroxyl groups is 1. The molecule has 0 amide bonds. The number of carboxylic acids is 1. The first-order valence-corrected chi connectivity index (χ1v) is 14.7. The number of hydrogen-bond donors (Lipinski definition) is 2. The summed E-state index contributed by atoms with van der Waals surface area (Å²) >= 11 is 6.11. The Morgan fingerprint density at radius 3 is 2.38 bits per heavy atom. The third kappa shape index (κ3) is 4.36. The van der Waals surface area contributed by atoms with Crippen LogP contribution in [0.4, 0.5) is 0 Å². The van der Waals surface area contributed by atoms with Gasteiger partial charge in [-0.05, 0) is 133 Å². The molecule has 204 valence electrons. The average molecular weight is 545 g/mol. The monoisotopic (exact) mass is 544 g/mol. The minimum Gasteiger partial charge on any atom is -0.508 e. The molecule has 2 saturated carbocycles. The fourth-order valence-corrected chi connectivity index (χ4v) is 9.22. The molecule has 2 aromatic carbocycles. The van der Waals surface area contributed by atoms with Crippen molar-refractivity contribution in [2.24, 2.45) is 40.4 Å². The van der Waals surface area contributed by atoms with Gasteiger partial charge in [0.25, 0.3) is 0 Å². The molecule has 2 aromatic rings. The smallest absolute Gasteiger partial charge is 0.331 e.